The Bertz CT molecular complexity index is 1510. The molecule has 0 aliphatic heterocycles. The first kappa shape index (κ1) is 28.2. The summed E-state index contributed by atoms with van der Waals surface area (Å²) >= 11 is 1.18. The zero-order valence-corrected chi connectivity index (χ0v) is 22.5. The van der Waals surface area contributed by atoms with Crippen molar-refractivity contribution in [1.82, 2.24) is 20.9 Å². The number of carboxylic acids is 1. The number of nitrogens with zero attached hydrogens (tertiary/aromatic N) is 1. The zero-order valence-electron chi connectivity index (χ0n) is 21.7. The van der Waals surface area contributed by atoms with E-state index in [0.717, 1.165) is 16.3 Å². The number of carbonyl (C=O) groups is 4. The topological polar surface area (TPSA) is 150 Å². The van der Waals surface area contributed by atoms with Crippen LogP contribution >= 0.6 is 11.3 Å². The van der Waals surface area contributed by atoms with E-state index in [1.165, 1.54) is 18.3 Å². The summed E-state index contributed by atoms with van der Waals surface area (Å²) < 4.78 is 0. The van der Waals surface area contributed by atoms with E-state index in [9.17, 15) is 24.3 Å². The number of aromatic nitrogens is 1. The predicted octanol–water partition coefficient (Wildman–Crippen LogP) is 4.00. The molecule has 1 unspecified atom stereocenters. The number of carboxylic acid groups (broad SMARTS) is 1. The monoisotopic (exact) mass is 559 g/mol. The molecule has 206 valence electrons. The quantitative estimate of drug-likeness (QED) is 0.188. The van der Waals surface area contributed by atoms with Crippen molar-refractivity contribution in [2.24, 2.45) is 0 Å². The van der Waals surface area contributed by atoms with Gasteiger partial charge in [0.15, 0.2) is 5.13 Å². The highest BCUT2D eigenvalue weighted by Crippen LogP contribution is 2.23. The van der Waals surface area contributed by atoms with Crippen LogP contribution in [0.25, 0.3) is 10.8 Å². The van der Waals surface area contributed by atoms with Crippen LogP contribution in [0.3, 0.4) is 0 Å². The van der Waals surface area contributed by atoms with E-state index in [0.29, 0.717) is 22.9 Å². The number of nitrogens with one attached hydrogen (secondary N) is 4. The van der Waals surface area contributed by atoms with Crippen molar-refractivity contribution >= 4 is 51.1 Å². The summed E-state index contributed by atoms with van der Waals surface area (Å²) in [5, 5.41) is 24.1. The van der Waals surface area contributed by atoms with Gasteiger partial charge in [-0.15, -0.1) is 11.3 Å². The molecule has 0 spiro atoms. The lowest BCUT2D eigenvalue weighted by molar-refractivity contribution is -0.138. The van der Waals surface area contributed by atoms with E-state index in [1.54, 1.807) is 11.4 Å². The van der Waals surface area contributed by atoms with Crippen molar-refractivity contribution in [2.75, 3.05) is 5.32 Å². The van der Waals surface area contributed by atoms with E-state index in [-0.39, 0.29) is 12.8 Å². The average Bonchev–Trinajstić information content (AvgIpc) is 3.37. The van der Waals surface area contributed by atoms with Gasteiger partial charge in [0.2, 0.25) is 11.8 Å². The van der Waals surface area contributed by atoms with Gasteiger partial charge in [-0.1, -0.05) is 66.7 Å². The number of fused-ring (bicyclic) bond motifs is 1. The summed E-state index contributed by atoms with van der Waals surface area (Å²) in [4.78, 5) is 53.3. The fourth-order valence-corrected chi connectivity index (χ4v) is 4.74. The van der Waals surface area contributed by atoms with Gasteiger partial charge in [-0.25, -0.2) is 9.78 Å². The summed E-state index contributed by atoms with van der Waals surface area (Å²) in [5.41, 5.74) is 2.05. The minimum Gasteiger partial charge on any atom is -0.481 e. The molecule has 0 aliphatic rings. The molecule has 0 radical (unpaired) electrons. The number of anilines is 1. The van der Waals surface area contributed by atoms with Crippen molar-refractivity contribution in [3.8, 4) is 0 Å². The van der Waals surface area contributed by atoms with Gasteiger partial charge in [-0.05, 0) is 34.9 Å². The van der Waals surface area contributed by atoms with Crippen LogP contribution in [0.4, 0.5) is 9.93 Å². The Balaban J connectivity index is 1.28. The molecule has 0 saturated heterocycles. The molecule has 40 heavy (non-hydrogen) atoms. The molecule has 0 fully saturated rings. The van der Waals surface area contributed by atoms with Gasteiger partial charge in [0.1, 0.15) is 6.04 Å². The molecular formula is C29H29N5O5S. The molecule has 0 saturated carbocycles. The number of amides is 4. The first-order chi connectivity index (χ1) is 19.3. The van der Waals surface area contributed by atoms with Crippen molar-refractivity contribution in [1.29, 1.82) is 0 Å². The molecule has 5 N–H and O–H groups in total. The van der Waals surface area contributed by atoms with E-state index in [4.69, 9.17) is 0 Å². The van der Waals surface area contributed by atoms with E-state index in [1.807, 2.05) is 66.7 Å². The van der Waals surface area contributed by atoms with Gasteiger partial charge in [0.25, 0.3) is 0 Å². The molecule has 2 atom stereocenters. The van der Waals surface area contributed by atoms with Gasteiger partial charge in [-0.2, -0.15) is 0 Å². The Morgan fingerprint density at radius 3 is 2.40 bits per heavy atom. The molecule has 0 bridgehead atoms. The Morgan fingerprint density at radius 1 is 0.925 bits per heavy atom. The minimum absolute atomic E-state index is 0.0926. The zero-order chi connectivity index (χ0) is 28.5. The van der Waals surface area contributed by atoms with Gasteiger partial charge in [0, 0.05) is 11.9 Å². The van der Waals surface area contributed by atoms with Crippen molar-refractivity contribution in [3.05, 3.63) is 95.0 Å². The average molecular weight is 560 g/mol. The predicted molar refractivity (Wildman–Crippen MR) is 153 cm³/mol. The van der Waals surface area contributed by atoms with Crippen LogP contribution in [0, 0.1) is 0 Å². The second-order valence-electron chi connectivity index (χ2n) is 9.17. The highest BCUT2D eigenvalue weighted by atomic mass is 32.1. The maximum atomic E-state index is 12.9. The molecular weight excluding hydrogens is 530 g/mol. The van der Waals surface area contributed by atoms with Crippen LogP contribution < -0.4 is 21.3 Å². The van der Waals surface area contributed by atoms with Crippen molar-refractivity contribution < 1.29 is 24.3 Å². The number of rotatable bonds is 11. The summed E-state index contributed by atoms with van der Waals surface area (Å²) in [6, 6.07) is 20.5. The summed E-state index contributed by atoms with van der Waals surface area (Å²) in [5.74, 6) is -2.01. The fourth-order valence-electron chi connectivity index (χ4n) is 4.04. The summed E-state index contributed by atoms with van der Waals surface area (Å²) in [6.45, 7) is 1.89. The number of hydrogen-bond acceptors (Lipinski definition) is 6. The summed E-state index contributed by atoms with van der Waals surface area (Å²) in [7, 11) is 0. The Hall–Kier alpha value is -4.77. The van der Waals surface area contributed by atoms with E-state index in [2.05, 4.69) is 26.3 Å². The molecule has 0 aliphatic carbocycles. The number of thiazole rings is 1. The largest absolute Gasteiger partial charge is 0.481 e. The van der Waals surface area contributed by atoms with Crippen LogP contribution in [0.15, 0.2) is 78.2 Å². The first-order valence-electron chi connectivity index (χ1n) is 12.6. The molecule has 3 aromatic carbocycles. The second kappa shape index (κ2) is 13.3. The highest BCUT2D eigenvalue weighted by Gasteiger charge is 2.23. The standard InChI is InChI=1S/C29H29N5O5S/c1-18(27(38)33-24(15-26(36)37)22-12-11-20-9-5-6-10-21(20)13-22)31-25(35)14-23-17-40-29(32-23)34-28(39)30-16-19-7-3-2-4-8-19/h2-13,17-18,24H,14-16H2,1H3,(H,31,35)(H,33,38)(H,36,37)(H2,30,32,34,39)/t18-,24?/m0/s1. The minimum atomic E-state index is -1.06. The lowest BCUT2D eigenvalue weighted by Crippen LogP contribution is -2.46. The Morgan fingerprint density at radius 2 is 1.65 bits per heavy atom. The van der Waals surface area contributed by atoms with Gasteiger partial charge < -0.3 is 21.1 Å². The maximum Gasteiger partial charge on any atom is 0.321 e. The number of carbonyl (C=O) groups excluding carboxylic acids is 3. The molecule has 1 aromatic heterocycles. The van der Waals surface area contributed by atoms with Gasteiger partial charge in [0.05, 0.1) is 24.6 Å². The van der Waals surface area contributed by atoms with Crippen LogP contribution in [0.1, 0.15) is 36.2 Å². The molecule has 11 heteroatoms. The Kier molecular flexibility index (Phi) is 9.42. The van der Waals surface area contributed by atoms with Crippen LogP contribution in [0.2, 0.25) is 0 Å². The molecule has 4 rings (SSSR count). The molecule has 1 heterocycles. The molecule has 10 nitrogen and oxygen atoms in total. The number of aliphatic carboxylic acids is 1. The van der Waals surface area contributed by atoms with Crippen molar-refractivity contribution in [3.63, 3.8) is 0 Å². The SMILES string of the molecule is C[C@H](NC(=O)Cc1csc(NC(=O)NCc2ccccc2)n1)C(=O)NC(CC(=O)O)c1ccc2ccccc2c1. The van der Waals surface area contributed by atoms with Crippen LogP contribution in [-0.2, 0) is 27.3 Å². The molecule has 4 amide bonds. The lowest BCUT2D eigenvalue weighted by atomic mass is 9.99. The first-order valence-corrected chi connectivity index (χ1v) is 13.5. The maximum absolute atomic E-state index is 12.9. The number of hydrogen-bond donors (Lipinski definition) is 5. The van der Waals surface area contributed by atoms with E-state index >= 15 is 0 Å². The third-order valence-corrected chi connectivity index (χ3v) is 6.86. The number of benzene rings is 3. The van der Waals surface area contributed by atoms with Gasteiger partial charge in [-0.3, -0.25) is 19.7 Å². The van der Waals surface area contributed by atoms with Gasteiger partial charge >= 0.3 is 12.0 Å². The second-order valence-corrected chi connectivity index (χ2v) is 10.0. The van der Waals surface area contributed by atoms with Crippen LogP contribution in [0.5, 0.6) is 0 Å². The lowest BCUT2D eigenvalue weighted by Gasteiger charge is -2.21. The Labute approximate surface area is 234 Å². The number of urea groups is 1. The third-order valence-electron chi connectivity index (χ3n) is 6.05. The van der Waals surface area contributed by atoms with E-state index < -0.39 is 35.9 Å². The normalized spacial score (nSPS) is 12.2. The third kappa shape index (κ3) is 8.11. The molecule has 4 aromatic rings. The smallest absolute Gasteiger partial charge is 0.321 e. The summed E-state index contributed by atoms with van der Waals surface area (Å²) in [6.07, 6.45) is -0.400. The van der Waals surface area contributed by atoms with Crippen LogP contribution in [-0.4, -0.2) is 39.9 Å². The highest BCUT2D eigenvalue weighted by molar-refractivity contribution is 7.13. The fraction of sp³-hybridized carbons (Fsp3) is 0.207. The van der Waals surface area contributed by atoms with Crippen molar-refractivity contribution in [2.45, 2.75) is 38.4 Å².